The van der Waals surface area contributed by atoms with Crippen LogP contribution in [-0.2, 0) is 4.79 Å². The van der Waals surface area contributed by atoms with E-state index >= 15 is 0 Å². The van der Waals surface area contributed by atoms with Crippen LogP contribution in [0.1, 0.15) is 11.1 Å². The zero-order chi connectivity index (χ0) is 12.4. The molecule has 1 heterocycles. The van der Waals surface area contributed by atoms with Gasteiger partial charge in [0, 0.05) is 11.1 Å². The molecule has 0 aliphatic carbocycles. The lowest BCUT2D eigenvalue weighted by Crippen LogP contribution is -2.55. The van der Waals surface area contributed by atoms with Crippen LogP contribution in [0.25, 0.3) is 0 Å². The standard InChI is InChI=1S/C15H12N2O/c18-14-11-17(16-14)15(12-7-3-1-4-8-12)13-9-5-2-6-10-13/h1-10H,11H2/p+1. The highest BCUT2D eigenvalue weighted by Crippen LogP contribution is 2.11. The maximum absolute atomic E-state index is 11.1. The molecule has 2 aromatic rings. The zero-order valence-electron chi connectivity index (χ0n) is 9.84. The second kappa shape index (κ2) is 4.45. The van der Waals surface area contributed by atoms with Gasteiger partial charge in [0.2, 0.25) is 5.71 Å². The van der Waals surface area contributed by atoms with Crippen LogP contribution < -0.4 is 5.43 Å². The van der Waals surface area contributed by atoms with Crippen molar-refractivity contribution < 1.29 is 9.48 Å². The van der Waals surface area contributed by atoms with Crippen molar-refractivity contribution >= 4 is 11.6 Å². The Bertz CT molecular complexity index is 551. The largest absolute Gasteiger partial charge is 0.342 e. The Labute approximate surface area is 105 Å². The Morgan fingerprint density at radius 1 is 0.889 bits per heavy atom. The van der Waals surface area contributed by atoms with E-state index < -0.39 is 0 Å². The van der Waals surface area contributed by atoms with Crippen molar-refractivity contribution in [1.82, 2.24) is 5.43 Å². The summed E-state index contributed by atoms with van der Waals surface area (Å²) in [4.78, 5) is 11.1. The first-order valence-corrected chi connectivity index (χ1v) is 5.89. The van der Waals surface area contributed by atoms with E-state index in [1.807, 2.05) is 65.3 Å². The van der Waals surface area contributed by atoms with Crippen molar-refractivity contribution in [2.45, 2.75) is 0 Å². The molecule has 1 N–H and O–H groups in total. The summed E-state index contributed by atoms with van der Waals surface area (Å²) in [5.74, 6) is 0.0550. The summed E-state index contributed by atoms with van der Waals surface area (Å²) in [7, 11) is 0. The van der Waals surface area contributed by atoms with Crippen LogP contribution in [0.15, 0.2) is 60.7 Å². The van der Waals surface area contributed by atoms with Gasteiger partial charge in [-0.3, -0.25) is 4.79 Å². The number of carbonyl (C=O) groups excluding carboxylic acids is 1. The maximum atomic E-state index is 11.1. The van der Waals surface area contributed by atoms with Crippen molar-refractivity contribution in [2.24, 2.45) is 0 Å². The number of hydrazone groups is 1. The Morgan fingerprint density at radius 2 is 1.33 bits per heavy atom. The van der Waals surface area contributed by atoms with Crippen molar-refractivity contribution in [1.29, 1.82) is 0 Å². The lowest BCUT2D eigenvalue weighted by atomic mass is 10.0. The van der Waals surface area contributed by atoms with Gasteiger partial charge in [-0.05, 0) is 24.3 Å². The van der Waals surface area contributed by atoms with Gasteiger partial charge < -0.3 is 0 Å². The molecule has 1 aliphatic heterocycles. The first-order valence-electron chi connectivity index (χ1n) is 5.89. The Kier molecular flexibility index (Phi) is 2.65. The molecule has 3 rings (SSSR count). The van der Waals surface area contributed by atoms with E-state index in [0.29, 0.717) is 6.54 Å². The topological polar surface area (TPSA) is 32.1 Å². The predicted octanol–water partition coefficient (Wildman–Crippen LogP) is 1.58. The number of nitrogens with one attached hydrogen (secondary N) is 1. The highest BCUT2D eigenvalue weighted by molar-refractivity contribution is 6.10. The molecule has 1 saturated heterocycles. The number of hydrazine groups is 1. The Hall–Kier alpha value is -2.42. The van der Waals surface area contributed by atoms with Crippen LogP contribution in [0.4, 0.5) is 0 Å². The summed E-state index contributed by atoms with van der Waals surface area (Å²) in [6.45, 7) is 0.416. The highest BCUT2D eigenvalue weighted by atomic mass is 16.2. The predicted molar refractivity (Wildman–Crippen MR) is 69.4 cm³/mol. The lowest BCUT2D eigenvalue weighted by molar-refractivity contribution is -0.601. The number of rotatable bonds is 2. The average molecular weight is 237 g/mol. The SMILES string of the molecule is O=C1C[N+](=C(c2ccccc2)c2ccccc2)N1. The number of nitrogens with zero attached hydrogens (tertiary/aromatic N) is 1. The van der Waals surface area contributed by atoms with Crippen molar-refractivity contribution in [2.75, 3.05) is 6.54 Å². The fourth-order valence-electron chi connectivity index (χ4n) is 2.08. The third-order valence-corrected chi connectivity index (χ3v) is 2.93. The molecule has 0 atom stereocenters. The number of amides is 1. The van der Waals surface area contributed by atoms with E-state index in [4.69, 9.17) is 0 Å². The molecule has 0 spiro atoms. The van der Waals surface area contributed by atoms with Gasteiger partial charge in [-0.1, -0.05) is 41.1 Å². The normalized spacial score (nSPS) is 13.8. The van der Waals surface area contributed by atoms with E-state index in [-0.39, 0.29) is 5.91 Å². The van der Waals surface area contributed by atoms with Gasteiger partial charge in [-0.15, -0.1) is 5.43 Å². The molecule has 3 nitrogen and oxygen atoms in total. The first kappa shape index (κ1) is 10.7. The van der Waals surface area contributed by atoms with Gasteiger partial charge in [0.25, 0.3) is 6.54 Å². The molecule has 0 aromatic heterocycles. The van der Waals surface area contributed by atoms with E-state index in [0.717, 1.165) is 16.8 Å². The van der Waals surface area contributed by atoms with Crippen LogP contribution in [0.2, 0.25) is 0 Å². The molecule has 3 heteroatoms. The first-order chi connectivity index (χ1) is 8.84. The Balaban J connectivity index is 2.12. The summed E-state index contributed by atoms with van der Waals surface area (Å²) in [5.41, 5.74) is 6.04. The molecule has 18 heavy (non-hydrogen) atoms. The van der Waals surface area contributed by atoms with E-state index in [1.165, 1.54) is 0 Å². The van der Waals surface area contributed by atoms with E-state index in [2.05, 4.69) is 5.43 Å². The molecule has 1 amide bonds. The fraction of sp³-hybridized carbons (Fsp3) is 0.0667. The summed E-state index contributed by atoms with van der Waals surface area (Å²) in [6.07, 6.45) is 0. The van der Waals surface area contributed by atoms with Gasteiger partial charge in [0.1, 0.15) is 0 Å². The summed E-state index contributed by atoms with van der Waals surface area (Å²) in [5, 5.41) is 0. The molecule has 0 saturated carbocycles. The summed E-state index contributed by atoms with van der Waals surface area (Å²) < 4.78 is 1.88. The summed E-state index contributed by atoms with van der Waals surface area (Å²) >= 11 is 0. The minimum absolute atomic E-state index is 0.0550. The maximum Gasteiger partial charge on any atom is 0.342 e. The number of carbonyl (C=O) groups is 1. The van der Waals surface area contributed by atoms with Crippen LogP contribution in [0.5, 0.6) is 0 Å². The highest BCUT2D eigenvalue weighted by Gasteiger charge is 2.32. The average Bonchev–Trinajstić information content (AvgIpc) is 2.40. The number of hydrogen-bond acceptors (Lipinski definition) is 1. The van der Waals surface area contributed by atoms with Crippen molar-refractivity contribution in [3.63, 3.8) is 0 Å². The van der Waals surface area contributed by atoms with Crippen LogP contribution >= 0.6 is 0 Å². The summed E-state index contributed by atoms with van der Waals surface area (Å²) in [6, 6.07) is 20.2. The van der Waals surface area contributed by atoms with E-state index in [9.17, 15) is 4.79 Å². The zero-order valence-corrected chi connectivity index (χ0v) is 9.84. The molecule has 0 radical (unpaired) electrons. The second-order valence-electron chi connectivity index (χ2n) is 4.20. The Morgan fingerprint density at radius 3 is 1.72 bits per heavy atom. The van der Waals surface area contributed by atoms with E-state index in [1.54, 1.807) is 0 Å². The molecule has 1 aliphatic rings. The number of benzene rings is 2. The monoisotopic (exact) mass is 237 g/mol. The van der Waals surface area contributed by atoms with Crippen molar-refractivity contribution in [3.8, 4) is 0 Å². The molecule has 88 valence electrons. The van der Waals surface area contributed by atoms with Gasteiger partial charge in [-0.25, -0.2) is 0 Å². The molecular weight excluding hydrogens is 224 g/mol. The van der Waals surface area contributed by atoms with Gasteiger partial charge in [-0.2, -0.15) is 0 Å². The third-order valence-electron chi connectivity index (χ3n) is 2.93. The third kappa shape index (κ3) is 1.91. The molecular formula is C15H13N2O+. The van der Waals surface area contributed by atoms with Crippen LogP contribution in [-0.4, -0.2) is 22.8 Å². The van der Waals surface area contributed by atoms with Gasteiger partial charge in [0.15, 0.2) is 0 Å². The van der Waals surface area contributed by atoms with Crippen LogP contribution in [0, 0.1) is 0 Å². The van der Waals surface area contributed by atoms with Crippen LogP contribution in [0.3, 0.4) is 0 Å². The van der Waals surface area contributed by atoms with Crippen molar-refractivity contribution in [3.05, 3.63) is 71.8 Å². The quantitative estimate of drug-likeness (QED) is 0.790. The molecule has 1 fully saturated rings. The second-order valence-corrected chi connectivity index (χ2v) is 4.20. The smallest absolute Gasteiger partial charge is 0.262 e. The lowest BCUT2D eigenvalue weighted by Gasteiger charge is -2.15. The fourth-order valence-corrected chi connectivity index (χ4v) is 2.08. The molecule has 2 aromatic carbocycles. The molecule has 0 unspecified atom stereocenters. The number of hydrogen-bond donors (Lipinski definition) is 1. The van der Waals surface area contributed by atoms with Gasteiger partial charge >= 0.3 is 5.91 Å². The minimum Gasteiger partial charge on any atom is -0.262 e. The van der Waals surface area contributed by atoms with Gasteiger partial charge in [0.05, 0.1) is 0 Å². The minimum atomic E-state index is 0.0550. The molecule has 0 bridgehead atoms.